The van der Waals surface area contributed by atoms with Crippen LogP contribution in [0.1, 0.15) is 35.7 Å². The molecule has 106 valence electrons. The van der Waals surface area contributed by atoms with Crippen molar-refractivity contribution in [2.75, 3.05) is 6.61 Å². The van der Waals surface area contributed by atoms with Crippen molar-refractivity contribution in [3.63, 3.8) is 0 Å². The Kier molecular flexibility index (Phi) is 3.57. The molecule has 0 aliphatic heterocycles. The maximum Gasteiger partial charge on any atom is 0.268 e. The zero-order valence-electron chi connectivity index (χ0n) is 11.9. The van der Waals surface area contributed by atoms with Crippen molar-refractivity contribution >= 4 is 28.4 Å². The third-order valence-electron chi connectivity index (χ3n) is 3.68. The number of carbonyl (C=O) groups excluding carboxylic acids is 2. The Morgan fingerprint density at radius 3 is 2.62 bits per heavy atom. The molecule has 0 amide bonds. The molecule has 0 atom stereocenters. The largest absolute Gasteiger partial charge is 0.489 e. The van der Waals surface area contributed by atoms with E-state index in [1.54, 1.807) is 12.1 Å². The zero-order valence-corrected chi connectivity index (χ0v) is 11.9. The molecule has 21 heavy (non-hydrogen) atoms. The summed E-state index contributed by atoms with van der Waals surface area (Å²) in [7, 11) is 0. The predicted molar refractivity (Wildman–Crippen MR) is 82.1 cm³/mol. The molecule has 1 aliphatic carbocycles. The van der Waals surface area contributed by atoms with Crippen LogP contribution < -0.4 is 0 Å². The van der Waals surface area contributed by atoms with Gasteiger partial charge >= 0.3 is 0 Å². The quantitative estimate of drug-likeness (QED) is 0.632. The summed E-state index contributed by atoms with van der Waals surface area (Å²) in [4.78, 5) is 24.3. The van der Waals surface area contributed by atoms with Crippen LogP contribution in [0.2, 0.25) is 0 Å². The van der Waals surface area contributed by atoms with Crippen LogP contribution in [0.25, 0.3) is 16.8 Å². The molecule has 2 aromatic carbocycles. The summed E-state index contributed by atoms with van der Waals surface area (Å²) in [6.07, 6.45) is 3.55. The number of unbranched alkanes of at least 4 members (excludes halogenated alkanes) is 1. The van der Waals surface area contributed by atoms with E-state index in [-0.39, 0.29) is 5.76 Å². The van der Waals surface area contributed by atoms with Gasteiger partial charge in [-0.2, -0.15) is 0 Å². The summed E-state index contributed by atoms with van der Waals surface area (Å²) >= 11 is 0. The topological polar surface area (TPSA) is 43.4 Å². The zero-order chi connectivity index (χ0) is 14.8. The van der Waals surface area contributed by atoms with Crippen molar-refractivity contribution in [1.82, 2.24) is 0 Å². The molecule has 0 aromatic heterocycles. The van der Waals surface area contributed by atoms with Crippen LogP contribution in [0.4, 0.5) is 0 Å². The maximum absolute atomic E-state index is 12.2. The van der Waals surface area contributed by atoms with Crippen LogP contribution in [0.5, 0.6) is 0 Å². The number of allylic oxidation sites excluding steroid dienone is 1. The van der Waals surface area contributed by atoms with E-state index in [9.17, 15) is 9.59 Å². The van der Waals surface area contributed by atoms with E-state index in [0.29, 0.717) is 12.2 Å². The number of carbonyl (C=O) groups is 2. The van der Waals surface area contributed by atoms with Gasteiger partial charge in [-0.1, -0.05) is 43.7 Å². The van der Waals surface area contributed by atoms with Crippen molar-refractivity contribution in [3.05, 3.63) is 53.3 Å². The van der Waals surface area contributed by atoms with Crippen molar-refractivity contribution in [1.29, 1.82) is 0 Å². The van der Waals surface area contributed by atoms with Gasteiger partial charge in [0.25, 0.3) is 5.78 Å². The first kappa shape index (κ1) is 13.6. The van der Waals surface area contributed by atoms with Gasteiger partial charge in [0, 0.05) is 5.56 Å². The predicted octanol–water partition coefficient (Wildman–Crippen LogP) is 3.76. The van der Waals surface area contributed by atoms with E-state index in [2.05, 4.69) is 0 Å². The first-order valence-electron chi connectivity index (χ1n) is 7.17. The van der Waals surface area contributed by atoms with Gasteiger partial charge in [0.1, 0.15) is 0 Å². The third kappa shape index (κ3) is 2.35. The van der Waals surface area contributed by atoms with E-state index in [0.717, 1.165) is 29.2 Å². The number of fused-ring (bicyclic) bond motifs is 3. The Labute approximate surface area is 123 Å². The summed E-state index contributed by atoms with van der Waals surface area (Å²) < 4.78 is 5.50. The fourth-order valence-electron chi connectivity index (χ4n) is 2.51. The summed E-state index contributed by atoms with van der Waals surface area (Å²) in [5, 5.41) is 2.01. The van der Waals surface area contributed by atoms with E-state index in [1.165, 1.54) is 0 Å². The molecule has 0 N–H and O–H groups in total. The second kappa shape index (κ2) is 5.52. The van der Waals surface area contributed by atoms with Crippen LogP contribution in [0, 0.1) is 0 Å². The van der Waals surface area contributed by atoms with E-state index in [1.807, 2.05) is 37.3 Å². The molecule has 3 nitrogen and oxygen atoms in total. The van der Waals surface area contributed by atoms with Gasteiger partial charge in [-0.25, -0.2) is 0 Å². The highest BCUT2D eigenvalue weighted by Crippen LogP contribution is 2.29. The van der Waals surface area contributed by atoms with Crippen molar-refractivity contribution < 1.29 is 14.3 Å². The maximum atomic E-state index is 12.2. The Bertz CT molecular complexity index is 756. The van der Waals surface area contributed by atoms with E-state index < -0.39 is 11.6 Å². The molecule has 3 rings (SSSR count). The van der Waals surface area contributed by atoms with Gasteiger partial charge in [0.05, 0.1) is 6.61 Å². The normalized spacial score (nSPS) is 14.0. The monoisotopic (exact) mass is 280 g/mol. The van der Waals surface area contributed by atoms with Gasteiger partial charge in [0.2, 0.25) is 5.78 Å². The average Bonchev–Trinajstić information content (AvgIpc) is 2.52. The molecular weight excluding hydrogens is 264 g/mol. The van der Waals surface area contributed by atoms with Gasteiger partial charge in [0.15, 0.2) is 5.76 Å². The molecule has 0 saturated carbocycles. The SMILES string of the molecule is CCCCOC1=Cc2c(ccc3ccccc23)C(=O)C1=O. The molecule has 3 heteroatoms. The minimum Gasteiger partial charge on any atom is -0.489 e. The fraction of sp³-hybridized carbons (Fsp3) is 0.222. The summed E-state index contributed by atoms with van der Waals surface area (Å²) in [6.45, 7) is 2.51. The van der Waals surface area contributed by atoms with Gasteiger partial charge < -0.3 is 4.74 Å². The Hall–Kier alpha value is -2.42. The van der Waals surface area contributed by atoms with Crippen LogP contribution in [0.3, 0.4) is 0 Å². The molecule has 1 aliphatic rings. The minimum atomic E-state index is -0.547. The highest BCUT2D eigenvalue weighted by Gasteiger charge is 2.29. The minimum absolute atomic E-state index is 0.164. The Morgan fingerprint density at radius 2 is 1.81 bits per heavy atom. The second-order valence-electron chi connectivity index (χ2n) is 5.12. The molecule has 0 saturated heterocycles. The lowest BCUT2D eigenvalue weighted by atomic mass is 9.90. The highest BCUT2D eigenvalue weighted by molar-refractivity contribution is 6.51. The summed E-state index contributed by atoms with van der Waals surface area (Å²) in [5.41, 5.74) is 1.24. The lowest BCUT2D eigenvalue weighted by Gasteiger charge is -2.17. The molecule has 0 spiro atoms. The number of benzene rings is 2. The van der Waals surface area contributed by atoms with Gasteiger partial charge in [-0.3, -0.25) is 9.59 Å². The van der Waals surface area contributed by atoms with Gasteiger partial charge in [-0.05, 0) is 34.9 Å². The third-order valence-corrected chi connectivity index (χ3v) is 3.68. The first-order valence-corrected chi connectivity index (χ1v) is 7.17. The molecule has 2 aromatic rings. The smallest absolute Gasteiger partial charge is 0.268 e. The van der Waals surface area contributed by atoms with Crippen LogP contribution in [-0.2, 0) is 9.53 Å². The molecule has 0 radical (unpaired) electrons. The van der Waals surface area contributed by atoms with Crippen molar-refractivity contribution in [2.24, 2.45) is 0 Å². The number of hydrogen-bond donors (Lipinski definition) is 0. The standard InChI is InChI=1S/C18H16O3/c1-2-3-10-21-16-11-15-13-7-5-4-6-12(13)8-9-14(15)17(19)18(16)20/h4-9,11H,2-3,10H2,1H3. The summed E-state index contributed by atoms with van der Waals surface area (Å²) in [5.74, 6) is -0.865. The Morgan fingerprint density at radius 1 is 1.00 bits per heavy atom. The summed E-state index contributed by atoms with van der Waals surface area (Å²) in [6, 6.07) is 11.4. The second-order valence-corrected chi connectivity index (χ2v) is 5.12. The van der Waals surface area contributed by atoms with E-state index >= 15 is 0 Å². The molecule has 0 bridgehead atoms. The number of hydrogen-bond acceptors (Lipinski definition) is 3. The Balaban J connectivity index is 2.11. The first-order chi connectivity index (χ1) is 10.2. The van der Waals surface area contributed by atoms with Crippen molar-refractivity contribution in [2.45, 2.75) is 19.8 Å². The van der Waals surface area contributed by atoms with Crippen LogP contribution >= 0.6 is 0 Å². The van der Waals surface area contributed by atoms with Crippen LogP contribution in [-0.4, -0.2) is 18.2 Å². The number of ether oxygens (including phenoxy) is 1. The fourth-order valence-corrected chi connectivity index (χ4v) is 2.51. The number of Topliss-reactive ketones (excluding diaryl/α,β-unsaturated/α-hetero) is 2. The molecule has 0 unspecified atom stereocenters. The van der Waals surface area contributed by atoms with Crippen LogP contribution in [0.15, 0.2) is 42.2 Å². The number of rotatable bonds is 4. The number of ketones is 2. The lowest BCUT2D eigenvalue weighted by Crippen LogP contribution is -2.23. The molecule has 0 fully saturated rings. The van der Waals surface area contributed by atoms with E-state index in [4.69, 9.17) is 4.74 Å². The molecule has 0 heterocycles. The lowest BCUT2D eigenvalue weighted by molar-refractivity contribution is -0.115. The van der Waals surface area contributed by atoms with Crippen molar-refractivity contribution in [3.8, 4) is 0 Å². The average molecular weight is 280 g/mol. The van der Waals surface area contributed by atoms with Gasteiger partial charge in [-0.15, -0.1) is 0 Å². The molecular formula is C18H16O3. The highest BCUT2D eigenvalue weighted by atomic mass is 16.5.